The first-order valence-corrected chi connectivity index (χ1v) is 8.84. The predicted molar refractivity (Wildman–Crippen MR) is 87.9 cm³/mol. The number of rotatable bonds is 3. The van der Waals surface area contributed by atoms with Crippen molar-refractivity contribution in [2.24, 2.45) is 5.92 Å². The van der Waals surface area contributed by atoms with Gasteiger partial charge in [-0.15, -0.1) is 0 Å². The summed E-state index contributed by atoms with van der Waals surface area (Å²) in [6, 6.07) is 1.87. The number of amides is 1. The van der Waals surface area contributed by atoms with Gasteiger partial charge >= 0.3 is 0 Å². The minimum atomic E-state index is -0.133. The van der Waals surface area contributed by atoms with Crippen LogP contribution in [0.4, 0.5) is 0 Å². The third-order valence-corrected chi connectivity index (χ3v) is 5.06. The highest BCUT2D eigenvalue weighted by atomic mass is 16.5. The lowest BCUT2D eigenvalue weighted by Crippen LogP contribution is -2.45. The molecule has 0 spiro atoms. The molecule has 1 amide bonds. The largest absolute Gasteiger partial charge is 0.366 e. The van der Waals surface area contributed by atoms with Crippen LogP contribution in [-0.4, -0.2) is 49.9 Å². The summed E-state index contributed by atoms with van der Waals surface area (Å²) < 4.78 is 12.9. The fraction of sp³-hybridized carbons (Fsp3) is 0.647. The van der Waals surface area contributed by atoms with Gasteiger partial charge in [0.15, 0.2) is 0 Å². The molecule has 4 rings (SSSR count). The van der Waals surface area contributed by atoms with Crippen molar-refractivity contribution in [1.29, 1.82) is 0 Å². The van der Waals surface area contributed by atoms with Crippen molar-refractivity contribution in [1.82, 2.24) is 24.8 Å². The molecule has 2 aliphatic heterocycles. The Morgan fingerprint density at radius 1 is 1.40 bits per heavy atom. The molecule has 0 N–H and O–H groups in total. The standard InChI is InChI=1S/C17H23N5O3/c1-4-22-13(7-10(2)19-22)17(23)21-6-5-14-12(9-21)8-15(24-14)16-18-11(3)25-20-16/h7,12,14-15H,4-6,8-9H2,1-3H3/t12-,14+,15+/m0/s1. The molecular weight excluding hydrogens is 322 g/mol. The summed E-state index contributed by atoms with van der Waals surface area (Å²) in [6.45, 7) is 7.78. The van der Waals surface area contributed by atoms with E-state index in [0.29, 0.717) is 43.0 Å². The topological polar surface area (TPSA) is 86.3 Å². The van der Waals surface area contributed by atoms with Crippen molar-refractivity contribution in [3.8, 4) is 0 Å². The molecule has 2 saturated heterocycles. The summed E-state index contributed by atoms with van der Waals surface area (Å²) in [4.78, 5) is 19.1. The summed E-state index contributed by atoms with van der Waals surface area (Å²) in [5.41, 5.74) is 1.54. The second kappa shape index (κ2) is 6.25. The summed E-state index contributed by atoms with van der Waals surface area (Å²) in [6.07, 6.45) is 1.68. The summed E-state index contributed by atoms with van der Waals surface area (Å²) in [5, 5.41) is 8.36. The number of piperidine rings is 1. The molecule has 0 unspecified atom stereocenters. The average Bonchev–Trinajstić information content (AvgIpc) is 3.30. The zero-order valence-electron chi connectivity index (χ0n) is 14.8. The summed E-state index contributed by atoms with van der Waals surface area (Å²) >= 11 is 0. The van der Waals surface area contributed by atoms with Crippen molar-refractivity contribution in [3.05, 3.63) is 29.2 Å². The molecule has 0 bridgehead atoms. The molecular formula is C17H23N5O3. The molecule has 8 heteroatoms. The number of ether oxygens (including phenoxy) is 1. The van der Waals surface area contributed by atoms with E-state index in [1.54, 1.807) is 11.6 Å². The van der Waals surface area contributed by atoms with Crippen LogP contribution in [0, 0.1) is 19.8 Å². The van der Waals surface area contributed by atoms with E-state index in [0.717, 1.165) is 18.5 Å². The number of aromatic nitrogens is 4. The van der Waals surface area contributed by atoms with Crippen LogP contribution in [0.15, 0.2) is 10.6 Å². The molecule has 0 saturated carbocycles. The number of carbonyl (C=O) groups is 1. The van der Waals surface area contributed by atoms with Crippen molar-refractivity contribution in [3.63, 3.8) is 0 Å². The van der Waals surface area contributed by atoms with Crippen LogP contribution in [0.5, 0.6) is 0 Å². The molecule has 0 aliphatic carbocycles. The highest BCUT2D eigenvalue weighted by molar-refractivity contribution is 5.92. The van der Waals surface area contributed by atoms with Crippen LogP contribution in [-0.2, 0) is 11.3 Å². The molecule has 2 aliphatic rings. The fourth-order valence-corrected chi connectivity index (χ4v) is 3.87. The third-order valence-electron chi connectivity index (χ3n) is 5.06. The molecule has 134 valence electrons. The van der Waals surface area contributed by atoms with Crippen LogP contribution < -0.4 is 0 Å². The zero-order valence-corrected chi connectivity index (χ0v) is 14.8. The van der Waals surface area contributed by atoms with Gasteiger partial charge < -0.3 is 14.2 Å². The van der Waals surface area contributed by atoms with Gasteiger partial charge in [-0.25, -0.2) is 0 Å². The van der Waals surface area contributed by atoms with Crippen LogP contribution in [0.2, 0.25) is 0 Å². The van der Waals surface area contributed by atoms with Gasteiger partial charge in [0.1, 0.15) is 11.8 Å². The number of aryl methyl sites for hydroxylation is 3. The van der Waals surface area contributed by atoms with E-state index in [1.165, 1.54) is 0 Å². The lowest BCUT2D eigenvalue weighted by molar-refractivity contribution is -0.00121. The molecule has 0 radical (unpaired) electrons. The van der Waals surface area contributed by atoms with E-state index >= 15 is 0 Å². The van der Waals surface area contributed by atoms with Crippen LogP contribution >= 0.6 is 0 Å². The molecule has 8 nitrogen and oxygen atoms in total. The van der Waals surface area contributed by atoms with E-state index < -0.39 is 0 Å². The molecule has 2 aromatic rings. The molecule has 25 heavy (non-hydrogen) atoms. The quantitative estimate of drug-likeness (QED) is 0.844. The summed E-state index contributed by atoms with van der Waals surface area (Å²) in [5.74, 6) is 1.53. The van der Waals surface area contributed by atoms with Crippen LogP contribution in [0.3, 0.4) is 0 Å². The number of fused-ring (bicyclic) bond motifs is 1. The lowest BCUT2D eigenvalue weighted by atomic mass is 9.92. The van der Waals surface area contributed by atoms with E-state index in [1.807, 2.05) is 24.8 Å². The molecule has 4 heterocycles. The van der Waals surface area contributed by atoms with Crippen LogP contribution in [0.1, 0.15) is 53.8 Å². The first kappa shape index (κ1) is 16.3. The Morgan fingerprint density at radius 3 is 2.96 bits per heavy atom. The van der Waals surface area contributed by atoms with Gasteiger partial charge in [0.25, 0.3) is 5.91 Å². The molecule has 0 aromatic carbocycles. The third kappa shape index (κ3) is 2.95. The Kier molecular flexibility index (Phi) is 4.07. The number of likely N-dealkylation sites (tertiary alicyclic amines) is 1. The summed E-state index contributed by atoms with van der Waals surface area (Å²) in [7, 11) is 0. The number of hydrogen-bond donors (Lipinski definition) is 0. The van der Waals surface area contributed by atoms with Crippen molar-refractivity contribution < 1.29 is 14.1 Å². The molecule has 3 atom stereocenters. The Bertz CT molecular complexity index is 783. The number of hydrogen-bond acceptors (Lipinski definition) is 6. The first-order chi connectivity index (χ1) is 12.0. The Hall–Kier alpha value is -2.22. The minimum Gasteiger partial charge on any atom is -0.366 e. The monoisotopic (exact) mass is 345 g/mol. The first-order valence-electron chi connectivity index (χ1n) is 8.84. The van der Waals surface area contributed by atoms with E-state index in [9.17, 15) is 4.79 Å². The van der Waals surface area contributed by atoms with E-state index in [4.69, 9.17) is 9.26 Å². The minimum absolute atomic E-state index is 0.0553. The second-order valence-electron chi connectivity index (χ2n) is 6.86. The Labute approximate surface area is 146 Å². The Morgan fingerprint density at radius 2 is 2.24 bits per heavy atom. The highest BCUT2D eigenvalue weighted by Crippen LogP contribution is 2.40. The van der Waals surface area contributed by atoms with E-state index in [-0.39, 0.29) is 18.1 Å². The van der Waals surface area contributed by atoms with Gasteiger partial charge in [0, 0.05) is 32.5 Å². The lowest BCUT2D eigenvalue weighted by Gasteiger charge is -2.34. The number of carbonyl (C=O) groups excluding carboxylic acids is 1. The SMILES string of the molecule is CCn1nc(C)cc1C(=O)N1CC[C@H]2O[C@@H](c3noc(C)n3)C[C@H]2C1. The van der Waals surface area contributed by atoms with Crippen LogP contribution in [0.25, 0.3) is 0 Å². The van der Waals surface area contributed by atoms with Gasteiger partial charge in [-0.3, -0.25) is 9.48 Å². The highest BCUT2D eigenvalue weighted by Gasteiger charge is 2.42. The van der Waals surface area contributed by atoms with Gasteiger partial charge in [-0.2, -0.15) is 10.1 Å². The van der Waals surface area contributed by atoms with Crippen molar-refractivity contribution in [2.75, 3.05) is 13.1 Å². The van der Waals surface area contributed by atoms with Crippen molar-refractivity contribution in [2.45, 2.75) is 52.4 Å². The second-order valence-corrected chi connectivity index (χ2v) is 6.86. The predicted octanol–water partition coefficient (Wildman–Crippen LogP) is 1.90. The maximum atomic E-state index is 12.9. The number of nitrogens with zero attached hydrogens (tertiary/aromatic N) is 5. The maximum Gasteiger partial charge on any atom is 0.272 e. The van der Waals surface area contributed by atoms with Gasteiger partial charge in [0.2, 0.25) is 11.7 Å². The Balaban J connectivity index is 1.46. The smallest absolute Gasteiger partial charge is 0.272 e. The molecule has 2 fully saturated rings. The van der Waals surface area contributed by atoms with Gasteiger partial charge in [0.05, 0.1) is 11.8 Å². The normalized spacial score (nSPS) is 26.0. The average molecular weight is 345 g/mol. The zero-order chi connectivity index (χ0) is 17.6. The fourth-order valence-electron chi connectivity index (χ4n) is 3.87. The van der Waals surface area contributed by atoms with E-state index in [2.05, 4.69) is 15.2 Å². The van der Waals surface area contributed by atoms with Gasteiger partial charge in [-0.1, -0.05) is 5.16 Å². The molecule has 2 aromatic heterocycles. The van der Waals surface area contributed by atoms with Crippen molar-refractivity contribution >= 4 is 5.91 Å². The maximum absolute atomic E-state index is 12.9. The van der Waals surface area contributed by atoms with Gasteiger partial charge in [-0.05, 0) is 32.8 Å².